The molecule has 0 atom stereocenters. The Morgan fingerprint density at radius 1 is 1.33 bits per heavy atom. The zero-order valence-electron chi connectivity index (χ0n) is 12.1. The number of hydrogen-bond acceptors (Lipinski definition) is 5. The van der Waals surface area contributed by atoms with Crippen LogP contribution in [0.2, 0.25) is 0 Å². The number of carboxylic acid groups (broad SMARTS) is 1. The number of nitrogens with zero attached hydrogens (tertiary/aromatic N) is 2. The third kappa shape index (κ3) is 3.92. The number of carbonyl (C=O) groups is 1. The standard InChI is InChI=1S/C15H17N3O3/c1-9(2)21-14-8-16-7-13(18-14)17-11-4-5-12(15(19)20)10(3)6-11/h4-9H,1-3H3,(H,17,18)(H,19,20). The van der Waals surface area contributed by atoms with Crippen molar-refractivity contribution in [1.29, 1.82) is 0 Å². The van der Waals surface area contributed by atoms with E-state index in [-0.39, 0.29) is 11.7 Å². The fraction of sp³-hybridized carbons (Fsp3) is 0.267. The first-order valence-electron chi connectivity index (χ1n) is 6.55. The average molecular weight is 287 g/mol. The van der Waals surface area contributed by atoms with Gasteiger partial charge >= 0.3 is 5.97 Å². The second-order valence-electron chi connectivity index (χ2n) is 4.87. The van der Waals surface area contributed by atoms with E-state index in [1.165, 1.54) is 0 Å². The SMILES string of the molecule is Cc1cc(Nc2cncc(OC(C)C)n2)ccc1C(=O)O. The molecule has 0 aliphatic heterocycles. The van der Waals surface area contributed by atoms with Gasteiger partial charge in [0.15, 0.2) is 5.82 Å². The zero-order valence-corrected chi connectivity index (χ0v) is 12.1. The maximum atomic E-state index is 11.0. The zero-order chi connectivity index (χ0) is 15.4. The van der Waals surface area contributed by atoms with Gasteiger partial charge in [0.05, 0.1) is 24.1 Å². The fourth-order valence-electron chi connectivity index (χ4n) is 1.84. The van der Waals surface area contributed by atoms with Crippen molar-refractivity contribution in [1.82, 2.24) is 9.97 Å². The van der Waals surface area contributed by atoms with Gasteiger partial charge in [-0.2, -0.15) is 4.98 Å². The molecule has 0 amide bonds. The minimum atomic E-state index is -0.939. The molecule has 6 heteroatoms. The van der Waals surface area contributed by atoms with Crippen LogP contribution in [0.15, 0.2) is 30.6 Å². The topological polar surface area (TPSA) is 84.3 Å². The van der Waals surface area contributed by atoms with Crippen LogP contribution in [0.25, 0.3) is 0 Å². The second kappa shape index (κ2) is 6.21. The van der Waals surface area contributed by atoms with Crippen LogP contribution in [0.4, 0.5) is 11.5 Å². The van der Waals surface area contributed by atoms with Crippen molar-refractivity contribution in [3.63, 3.8) is 0 Å². The van der Waals surface area contributed by atoms with Gasteiger partial charge in [-0.1, -0.05) is 0 Å². The van der Waals surface area contributed by atoms with Crippen molar-refractivity contribution in [3.8, 4) is 5.88 Å². The normalized spacial score (nSPS) is 10.5. The largest absolute Gasteiger partial charge is 0.478 e. The van der Waals surface area contributed by atoms with Gasteiger partial charge in [0.1, 0.15) is 0 Å². The average Bonchev–Trinajstić information content (AvgIpc) is 2.37. The number of aryl methyl sites for hydroxylation is 1. The van der Waals surface area contributed by atoms with E-state index in [4.69, 9.17) is 9.84 Å². The lowest BCUT2D eigenvalue weighted by Gasteiger charge is -2.11. The van der Waals surface area contributed by atoms with E-state index in [1.807, 2.05) is 13.8 Å². The number of benzene rings is 1. The molecule has 0 bridgehead atoms. The molecular weight excluding hydrogens is 270 g/mol. The van der Waals surface area contributed by atoms with Crippen molar-refractivity contribution in [2.24, 2.45) is 0 Å². The predicted octanol–water partition coefficient (Wildman–Crippen LogP) is 3.01. The Balaban J connectivity index is 2.18. The number of hydrogen-bond donors (Lipinski definition) is 2. The number of aromatic nitrogens is 2. The molecule has 1 aromatic heterocycles. The predicted molar refractivity (Wildman–Crippen MR) is 79.2 cm³/mol. The Hall–Kier alpha value is -2.63. The van der Waals surface area contributed by atoms with E-state index < -0.39 is 5.97 Å². The van der Waals surface area contributed by atoms with Crippen molar-refractivity contribution in [3.05, 3.63) is 41.7 Å². The van der Waals surface area contributed by atoms with Gasteiger partial charge in [-0.05, 0) is 44.5 Å². The Morgan fingerprint density at radius 2 is 2.10 bits per heavy atom. The van der Waals surface area contributed by atoms with Crippen LogP contribution in [-0.2, 0) is 0 Å². The highest BCUT2D eigenvalue weighted by atomic mass is 16.5. The molecular formula is C15H17N3O3. The molecule has 2 rings (SSSR count). The molecule has 0 fully saturated rings. The first-order valence-corrected chi connectivity index (χ1v) is 6.55. The quantitative estimate of drug-likeness (QED) is 0.879. The van der Waals surface area contributed by atoms with Gasteiger partial charge < -0.3 is 15.2 Å². The van der Waals surface area contributed by atoms with Gasteiger partial charge in [-0.25, -0.2) is 4.79 Å². The summed E-state index contributed by atoms with van der Waals surface area (Å²) in [4.78, 5) is 19.3. The minimum Gasteiger partial charge on any atom is -0.478 e. The summed E-state index contributed by atoms with van der Waals surface area (Å²) in [6.45, 7) is 5.57. The van der Waals surface area contributed by atoms with Crippen molar-refractivity contribution >= 4 is 17.5 Å². The maximum Gasteiger partial charge on any atom is 0.335 e. The van der Waals surface area contributed by atoms with Crippen LogP contribution in [0.1, 0.15) is 29.8 Å². The van der Waals surface area contributed by atoms with Crippen LogP contribution < -0.4 is 10.1 Å². The molecule has 2 aromatic rings. The van der Waals surface area contributed by atoms with Crippen LogP contribution >= 0.6 is 0 Å². The van der Waals surface area contributed by atoms with E-state index in [0.29, 0.717) is 17.3 Å². The minimum absolute atomic E-state index is 0.0200. The monoisotopic (exact) mass is 287 g/mol. The molecule has 0 unspecified atom stereocenters. The third-order valence-electron chi connectivity index (χ3n) is 2.70. The molecule has 0 radical (unpaired) electrons. The molecule has 1 aromatic carbocycles. The van der Waals surface area contributed by atoms with Crippen LogP contribution in [-0.4, -0.2) is 27.1 Å². The highest BCUT2D eigenvalue weighted by Gasteiger charge is 2.08. The van der Waals surface area contributed by atoms with Gasteiger partial charge in [0.2, 0.25) is 5.88 Å². The molecule has 21 heavy (non-hydrogen) atoms. The Kier molecular flexibility index (Phi) is 4.37. The highest BCUT2D eigenvalue weighted by molar-refractivity contribution is 5.90. The van der Waals surface area contributed by atoms with Crippen molar-refractivity contribution in [2.75, 3.05) is 5.32 Å². The third-order valence-corrected chi connectivity index (χ3v) is 2.70. The van der Waals surface area contributed by atoms with E-state index in [2.05, 4.69) is 15.3 Å². The van der Waals surface area contributed by atoms with E-state index in [9.17, 15) is 4.79 Å². The number of carboxylic acids is 1. The summed E-state index contributed by atoms with van der Waals surface area (Å²) >= 11 is 0. The summed E-state index contributed by atoms with van der Waals surface area (Å²) in [5.41, 5.74) is 1.70. The molecule has 0 aliphatic rings. The number of nitrogens with one attached hydrogen (secondary N) is 1. The highest BCUT2D eigenvalue weighted by Crippen LogP contribution is 2.20. The summed E-state index contributed by atoms with van der Waals surface area (Å²) in [5, 5.41) is 12.1. The lowest BCUT2D eigenvalue weighted by atomic mass is 10.1. The van der Waals surface area contributed by atoms with Gasteiger partial charge in [0.25, 0.3) is 0 Å². The second-order valence-corrected chi connectivity index (χ2v) is 4.87. The molecule has 110 valence electrons. The number of aromatic carboxylic acids is 1. The molecule has 0 saturated carbocycles. The smallest absolute Gasteiger partial charge is 0.335 e. The van der Waals surface area contributed by atoms with E-state index >= 15 is 0 Å². The van der Waals surface area contributed by atoms with Crippen LogP contribution in [0, 0.1) is 6.92 Å². The summed E-state index contributed by atoms with van der Waals surface area (Å²) in [5.74, 6) is 0.0377. The summed E-state index contributed by atoms with van der Waals surface area (Å²) in [6, 6.07) is 5.00. The summed E-state index contributed by atoms with van der Waals surface area (Å²) in [6.07, 6.45) is 3.14. The van der Waals surface area contributed by atoms with E-state index in [0.717, 1.165) is 5.69 Å². The first kappa shape index (κ1) is 14.8. The molecule has 0 saturated heterocycles. The van der Waals surface area contributed by atoms with Crippen LogP contribution in [0.3, 0.4) is 0 Å². The maximum absolute atomic E-state index is 11.0. The molecule has 6 nitrogen and oxygen atoms in total. The van der Waals surface area contributed by atoms with Gasteiger partial charge in [-0.15, -0.1) is 0 Å². The van der Waals surface area contributed by atoms with E-state index in [1.54, 1.807) is 37.5 Å². The Bertz CT molecular complexity index is 656. The lowest BCUT2D eigenvalue weighted by molar-refractivity contribution is 0.0696. The van der Waals surface area contributed by atoms with Gasteiger partial charge in [0, 0.05) is 5.69 Å². The molecule has 2 N–H and O–H groups in total. The Morgan fingerprint density at radius 3 is 2.71 bits per heavy atom. The fourth-order valence-corrected chi connectivity index (χ4v) is 1.84. The molecule has 0 aliphatic carbocycles. The van der Waals surface area contributed by atoms with Crippen molar-refractivity contribution in [2.45, 2.75) is 26.9 Å². The summed E-state index contributed by atoms with van der Waals surface area (Å²) in [7, 11) is 0. The molecule has 1 heterocycles. The molecule has 0 spiro atoms. The van der Waals surface area contributed by atoms with Crippen LogP contribution in [0.5, 0.6) is 5.88 Å². The lowest BCUT2D eigenvalue weighted by Crippen LogP contribution is -2.08. The van der Waals surface area contributed by atoms with Crippen molar-refractivity contribution < 1.29 is 14.6 Å². The van der Waals surface area contributed by atoms with Gasteiger partial charge in [-0.3, -0.25) is 4.98 Å². The number of ether oxygens (including phenoxy) is 1. The summed E-state index contributed by atoms with van der Waals surface area (Å²) < 4.78 is 5.48. The number of rotatable bonds is 5. The Labute approximate surface area is 122 Å². The number of anilines is 2. The first-order chi connectivity index (χ1) is 9.95.